The van der Waals surface area contributed by atoms with Gasteiger partial charge in [0, 0.05) is 0 Å². The monoisotopic (exact) mass is 223 g/mol. The minimum atomic E-state index is 0. The summed E-state index contributed by atoms with van der Waals surface area (Å²) in [5.74, 6) is 0. The molecule has 1 saturated heterocycles. The van der Waals surface area contributed by atoms with Crippen LogP contribution in [0.4, 0.5) is 0 Å². The SMILES string of the molecule is CCCN1CCCCC1.O.c1ccccc1. The molecule has 0 bridgehead atoms. The minimum Gasteiger partial charge on any atom is -0.412 e. The van der Waals surface area contributed by atoms with E-state index in [2.05, 4.69) is 11.8 Å². The van der Waals surface area contributed by atoms with Gasteiger partial charge in [-0.05, 0) is 38.9 Å². The lowest BCUT2D eigenvalue weighted by Gasteiger charge is -2.25. The van der Waals surface area contributed by atoms with Gasteiger partial charge in [0.25, 0.3) is 0 Å². The van der Waals surface area contributed by atoms with Gasteiger partial charge >= 0.3 is 0 Å². The normalized spacial score (nSPS) is 15.6. The van der Waals surface area contributed by atoms with Crippen LogP contribution in [0.25, 0.3) is 0 Å². The summed E-state index contributed by atoms with van der Waals surface area (Å²) in [7, 11) is 0. The van der Waals surface area contributed by atoms with Crippen molar-refractivity contribution in [1.82, 2.24) is 4.90 Å². The van der Waals surface area contributed by atoms with Gasteiger partial charge in [0.2, 0.25) is 0 Å². The summed E-state index contributed by atoms with van der Waals surface area (Å²) in [5.41, 5.74) is 0. The largest absolute Gasteiger partial charge is 0.412 e. The third-order valence-electron chi connectivity index (χ3n) is 2.66. The first-order valence-corrected chi connectivity index (χ1v) is 6.16. The third kappa shape index (κ3) is 7.43. The standard InChI is InChI=1S/C8H17N.C6H6.H2O/c1-2-6-9-7-4-3-5-8-9;1-2-4-6-5-3-1;/h2-8H2,1H3;1-6H;1H2. The van der Waals surface area contributed by atoms with Gasteiger partial charge in [-0.3, -0.25) is 0 Å². The number of nitrogens with zero attached hydrogens (tertiary/aromatic N) is 1. The maximum absolute atomic E-state index is 2.57. The molecule has 0 spiro atoms. The van der Waals surface area contributed by atoms with Crippen molar-refractivity contribution in [3.63, 3.8) is 0 Å². The van der Waals surface area contributed by atoms with Gasteiger partial charge in [0.1, 0.15) is 0 Å². The van der Waals surface area contributed by atoms with Crippen molar-refractivity contribution in [1.29, 1.82) is 0 Å². The molecule has 2 rings (SSSR count). The summed E-state index contributed by atoms with van der Waals surface area (Å²) in [5, 5.41) is 0. The second-order valence-electron chi connectivity index (χ2n) is 4.06. The topological polar surface area (TPSA) is 34.7 Å². The Bertz CT molecular complexity index is 190. The number of rotatable bonds is 2. The molecule has 1 heterocycles. The number of hydrogen-bond acceptors (Lipinski definition) is 1. The molecule has 92 valence electrons. The van der Waals surface area contributed by atoms with E-state index in [1.54, 1.807) is 0 Å². The van der Waals surface area contributed by atoms with Crippen molar-refractivity contribution in [3.05, 3.63) is 36.4 Å². The minimum absolute atomic E-state index is 0. The predicted octanol–water partition coefficient (Wildman–Crippen LogP) is 2.74. The van der Waals surface area contributed by atoms with E-state index in [1.807, 2.05) is 36.4 Å². The molecule has 0 aliphatic carbocycles. The van der Waals surface area contributed by atoms with Gasteiger partial charge in [-0.25, -0.2) is 0 Å². The predicted molar refractivity (Wildman–Crippen MR) is 70.6 cm³/mol. The van der Waals surface area contributed by atoms with E-state index in [-0.39, 0.29) is 5.48 Å². The Morgan fingerprint density at radius 2 is 1.25 bits per heavy atom. The highest BCUT2D eigenvalue weighted by molar-refractivity contribution is 4.99. The van der Waals surface area contributed by atoms with E-state index in [9.17, 15) is 0 Å². The molecular weight excluding hydrogens is 198 g/mol. The maximum atomic E-state index is 2.57. The lowest BCUT2D eigenvalue weighted by Crippen LogP contribution is -2.30. The molecule has 1 fully saturated rings. The lowest BCUT2D eigenvalue weighted by molar-refractivity contribution is 0.229. The van der Waals surface area contributed by atoms with Gasteiger partial charge in [-0.1, -0.05) is 49.7 Å². The van der Waals surface area contributed by atoms with Gasteiger partial charge in [-0.2, -0.15) is 0 Å². The Hall–Kier alpha value is -0.860. The number of piperidine rings is 1. The highest BCUT2D eigenvalue weighted by Crippen LogP contribution is 2.07. The molecule has 0 amide bonds. The molecule has 0 atom stereocenters. The quantitative estimate of drug-likeness (QED) is 0.759. The van der Waals surface area contributed by atoms with Gasteiger partial charge in [0.15, 0.2) is 0 Å². The van der Waals surface area contributed by atoms with Gasteiger partial charge in [-0.15, -0.1) is 0 Å². The average molecular weight is 223 g/mol. The van der Waals surface area contributed by atoms with Crippen LogP contribution < -0.4 is 0 Å². The molecule has 0 unspecified atom stereocenters. The zero-order valence-electron chi connectivity index (χ0n) is 10.4. The van der Waals surface area contributed by atoms with Crippen LogP contribution >= 0.6 is 0 Å². The van der Waals surface area contributed by atoms with Crippen molar-refractivity contribution in [2.45, 2.75) is 32.6 Å². The first kappa shape index (κ1) is 15.1. The van der Waals surface area contributed by atoms with E-state index in [0.29, 0.717) is 0 Å². The van der Waals surface area contributed by atoms with Crippen molar-refractivity contribution < 1.29 is 5.48 Å². The fourth-order valence-electron chi connectivity index (χ4n) is 1.88. The Morgan fingerprint density at radius 1 is 0.812 bits per heavy atom. The fraction of sp³-hybridized carbons (Fsp3) is 0.571. The van der Waals surface area contributed by atoms with E-state index in [0.717, 1.165) is 0 Å². The number of benzene rings is 1. The second kappa shape index (κ2) is 10.7. The van der Waals surface area contributed by atoms with E-state index in [4.69, 9.17) is 0 Å². The highest BCUT2D eigenvalue weighted by Gasteiger charge is 2.07. The van der Waals surface area contributed by atoms with Gasteiger partial charge in [0.05, 0.1) is 0 Å². The molecule has 0 radical (unpaired) electrons. The van der Waals surface area contributed by atoms with Crippen molar-refractivity contribution in [2.24, 2.45) is 0 Å². The molecule has 1 aromatic rings. The Balaban J connectivity index is 0.000000283. The van der Waals surface area contributed by atoms with Crippen LogP contribution in [0.15, 0.2) is 36.4 Å². The average Bonchev–Trinajstić information content (AvgIpc) is 2.34. The van der Waals surface area contributed by atoms with Crippen LogP contribution in [-0.2, 0) is 0 Å². The van der Waals surface area contributed by atoms with Crippen LogP contribution in [0.1, 0.15) is 32.6 Å². The summed E-state index contributed by atoms with van der Waals surface area (Å²) < 4.78 is 0. The molecule has 1 aliphatic heterocycles. The summed E-state index contributed by atoms with van der Waals surface area (Å²) in [4.78, 5) is 2.57. The van der Waals surface area contributed by atoms with Crippen LogP contribution in [0.2, 0.25) is 0 Å². The third-order valence-corrected chi connectivity index (χ3v) is 2.66. The van der Waals surface area contributed by atoms with Crippen molar-refractivity contribution in [3.8, 4) is 0 Å². The Labute approximate surface area is 99.6 Å². The molecule has 0 saturated carbocycles. The molecule has 0 aromatic heterocycles. The number of hydrogen-bond donors (Lipinski definition) is 0. The molecule has 16 heavy (non-hydrogen) atoms. The highest BCUT2D eigenvalue weighted by atomic mass is 16.0. The molecule has 2 heteroatoms. The van der Waals surface area contributed by atoms with Crippen LogP contribution in [0.3, 0.4) is 0 Å². The first-order chi connectivity index (χ1) is 7.43. The van der Waals surface area contributed by atoms with Crippen LogP contribution in [-0.4, -0.2) is 30.0 Å². The van der Waals surface area contributed by atoms with Crippen LogP contribution in [0.5, 0.6) is 0 Å². The summed E-state index contributed by atoms with van der Waals surface area (Å²) in [6.07, 6.45) is 5.64. The van der Waals surface area contributed by atoms with Gasteiger partial charge < -0.3 is 10.4 Å². The molecule has 1 aliphatic rings. The fourth-order valence-corrected chi connectivity index (χ4v) is 1.88. The molecule has 1 aromatic carbocycles. The smallest absolute Gasteiger partial charge is 0.00187 e. The van der Waals surface area contributed by atoms with Crippen LogP contribution in [0, 0.1) is 0 Å². The zero-order valence-corrected chi connectivity index (χ0v) is 10.4. The summed E-state index contributed by atoms with van der Waals surface area (Å²) in [6, 6.07) is 12.0. The lowest BCUT2D eigenvalue weighted by atomic mass is 10.1. The van der Waals surface area contributed by atoms with E-state index in [1.165, 1.54) is 45.3 Å². The molecule has 2 N–H and O–H groups in total. The first-order valence-electron chi connectivity index (χ1n) is 6.16. The Morgan fingerprint density at radius 3 is 1.62 bits per heavy atom. The van der Waals surface area contributed by atoms with E-state index < -0.39 is 0 Å². The second-order valence-corrected chi connectivity index (χ2v) is 4.06. The van der Waals surface area contributed by atoms with E-state index >= 15 is 0 Å². The maximum Gasteiger partial charge on any atom is -0.00187 e. The van der Waals surface area contributed by atoms with Crippen molar-refractivity contribution in [2.75, 3.05) is 19.6 Å². The van der Waals surface area contributed by atoms with Crippen molar-refractivity contribution >= 4 is 0 Å². The Kier molecular flexibility index (Phi) is 10.1. The summed E-state index contributed by atoms with van der Waals surface area (Å²) >= 11 is 0. The number of likely N-dealkylation sites (tertiary alicyclic amines) is 1. The summed E-state index contributed by atoms with van der Waals surface area (Å²) in [6.45, 7) is 6.29. The molecular formula is C14H25NO. The molecule has 2 nitrogen and oxygen atoms in total. The zero-order chi connectivity index (χ0) is 10.8.